The smallest absolute Gasteiger partial charge is 0.335 e. The van der Waals surface area contributed by atoms with Crippen molar-refractivity contribution in [2.24, 2.45) is 0 Å². The summed E-state index contributed by atoms with van der Waals surface area (Å²) in [5.74, 6) is 0.172. The highest BCUT2D eigenvalue weighted by atomic mass is 32.2. The monoisotopic (exact) mass is 300 g/mol. The van der Waals surface area contributed by atoms with Gasteiger partial charge < -0.3 is 5.11 Å². The van der Waals surface area contributed by atoms with Crippen molar-refractivity contribution in [1.29, 1.82) is 0 Å². The molecular formula is C17H16O3S. The van der Waals surface area contributed by atoms with Gasteiger partial charge in [0.05, 0.1) is 11.3 Å². The molecule has 0 unspecified atom stereocenters. The van der Waals surface area contributed by atoms with Crippen molar-refractivity contribution >= 4 is 23.5 Å². The van der Waals surface area contributed by atoms with E-state index in [1.54, 1.807) is 18.2 Å². The Morgan fingerprint density at radius 1 is 1.05 bits per heavy atom. The van der Waals surface area contributed by atoms with E-state index in [1.165, 1.54) is 11.8 Å². The first-order chi connectivity index (χ1) is 10.1. The van der Waals surface area contributed by atoms with E-state index in [1.807, 2.05) is 37.3 Å². The number of benzene rings is 2. The van der Waals surface area contributed by atoms with E-state index >= 15 is 0 Å². The molecule has 0 heterocycles. The minimum atomic E-state index is -0.933. The van der Waals surface area contributed by atoms with Crippen LogP contribution in [-0.2, 0) is 5.75 Å². The van der Waals surface area contributed by atoms with Crippen LogP contribution in [0.15, 0.2) is 48.5 Å². The number of aromatic carboxylic acids is 1. The lowest BCUT2D eigenvalue weighted by Gasteiger charge is -2.04. The van der Waals surface area contributed by atoms with Crippen LogP contribution in [0.4, 0.5) is 0 Å². The predicted octanol–water partition coefficient (Wildman–Crippen LogP) is 3.81. The Hall–Kier alpha value is -2.07. The van der Waals surface area contributed by atoms with Gasteiger partial charge in [-0.2, -0.15) is 0 Å². The average molecular weight is 300 g/mol. The molecule has 0 aliphatic rings. The van der Waals surface area contributed by atoms with Gasteiger partial charge >= 0.3 is 5.97 Å². The van der Waals surface area contributed by atoms with Crippen molar-refractivity contribution in [1.82, 2.24) is 0 Å². The molecule has 1 N–H and O–H groups in total. The summed E-state index contributed by atoms with van der Waals surface area (Å²) in [6, 6.07) is 14.3. The maximum Gasteiger partial charge on any atom is 0.335 e. The highest BCUT2D eigenvalue weighted by Gasteiger charge is 2.07. The molecule has 0 amide bonds. The summed E-state index contributed by atoms with van der Waals surface area (Å²) in [5, 5.41) is 8.93. The molecule has 0 aliphatic carbocycles. The van der Waals surface area contributed by atoms with Crippen LogP contribution < -0.4 is 0 Å². The number of rotatable bonds is 6. The summed E-state index contributed by atoms with van der Waals surface area (Å²) >= 11 is 1.49. The van der Waals surface area contributed by atoms with E-state index in [0.717, 1.165) is 11.1 Å². The maximum absolute atomic E-state index is 12.0. The van der Waals surface area contributed by atoms with Crippen LogP contribution in [0, 0.1) is 6.92 Å². The van der Waals surface area contributed by atoms with Gasteiger partial charge in [-0.15, -0.1) is 11.8 Å². The average Bonchev–Trinajstić information content (AvgIpc) is 2.48. The fourth-order valence-corrected chi connectivity index (χ4v) is 2.75. The van der Waals surface area contributed by atoms with Crippen molar-refractivity contribution in [2.75, 3.05) is 5.75 Å². The van der Waals surface area contributed by atoms with E-state index in [4.69, 9.17) is 5.11 Å². The van der Waals surface area contributed by atoms with Gasteiger partial charge in [0.25, 0.3) is 0 Å². The molecule has 108 valence electrons. The largest absolute Gasteiger partial charge is 0.478 e. The second kappa shape index (κ2) is 7.09. The zero-order chi connectivity index (χ0) is 15.2. The fourth-order valence-electron chi connectivity index (χ4n) is 1.88. The second-order valence-corrected chi connectivity index (χ2v) is 5.77. The molecule has 0 fully saturated rings. The van der Waals surface area contributed by atoms with E-state index in [0.29, 0.717) is 17.1 Å². The highest BCUT2D eigenvalue weighted by molar-refractivity contribution is 7.99. The molecule has 0 saturated heterocycles. The molecule has 0 saturated carbocycles. The van der Waals surface area contributed by atoms with Crippen LogP contribution in [0.2, 0.25) is 0 Å². The fraction of sp³-hybridized carbons (Fsp3) is 0.176. The molecule has 0 aromatic heterocycles. The number of thioether (sulfide) groups is 1. The third kappa shape index (κ3) is 4.46. The number of Topliss-reactive ketones (excluding diaryl/α,β-unsaturated/α-hetero) is 1. The quantitative estimate of drug-likeness (QED) is 0.824. The molecule has 0 atom stereocenters. The summed E-state index contributed by atoms with van der Waals surface area (Å²) in [4.78, 5) is 22.9. The Bertz CT molecular complexity index is 647. The van der Waals surface area contributed by atoms with Crippen LogP contribution >= 0.6 is 11.8 Å². The number of aryl methyl sites for hydroxylation is 1. The predicted molar refractivity (Wildman–Crippen MR) is 85.1 cm³/mol. The van der Waals surface area contributed by atoms with Crippen molar-refractivity contribution in [3.63, 3.8) is 0 Å². The Morgan fingerprint density at radius 3 is 2.43 bits per heavy atom. The topological polar surface area (TPSA) is 54.4 Å². The minimum Gasteiger partial charge on any atom is -0.478 e. The second-order valence-electron chi connectivity index (χ2n) is 4.79. The zero-order valence-electron chi connectivity index (χ0n) is 11.7. The normalized spacial score (nSPS) is 10.3. The lowest BCUT2D eigenvalue weighted by atomic mass is 10.1. The molecule has 2 rings (SSSR count). The number of ketones is 1. The first kappa shape index (κ1) is 15.3. The van der Waals surface area contributed by atoms with Gasteiger partial charge in [-0.1, -0.05) is 42.0 Å². The number of hydrogen-bond acceptors (Lipinski definition) is 3. The van der Waals surface area contributed by atoms with Crippen LogP contribution in [0.3, 0.4) is 0 Å². The third-order valence-corrected chi connectivity index (χ3v) is 4.05. The standard InChI is InChI=1S/C17H16O3S/c1-12-5-7-14(8-6-12)16(18)11-21-10-13-3-2-4-15(9-13)17(19)20/h2-9H,10-11H2,1H3,(H,19,20). The van der Waals surface area contributed by atoms with Crippen molar-refractivity contribution < 1.29 is 14.7 Å². The molecule has 0 bridgehead atoms. The van der Waals surface area contributed by atoms with Gasteiger partial charge in [-0.25, -0.2) is 4.79 Å². The minimum absolute atomic E-state index is 0.0920. The van der Waals surface area contributed by atoms with Crippen molar-refractivity contribution in [3.8, 4) is 0 Å². The Balaban J connectivity index is 1.89. The molecular weight excluding hydrogens is 284 g/mol. The van der Waals surface area contributed by atoms with E-state index in [2.05, 4.69) is 0 Å². The lowest BCUT2D eigenvalue weighted by Crippen LogP contribution is -2.03. The highest BCUT2D eigenvalue weighted by Crippen LogP contribution is 2.16. The molecule has 0 aliphatic heterocycles. The molecule has 4 heteroatoms. The lowest BCUT2D eigenvalue weighted by molar-refractivity contribution is 0.0696. The summed E-state index contributed by atoms with van der Waals surface area (Å²) in [6.45, 7) is 1.98. The summed E-state index contributed by atoms with van der Waals surface area (Å²) < 4.78 is 0. The zero-order valence-corrected chi connectivity index (χ0v) is 12.5. The first-order valence-corrected chi connectivity index (χ1v) is 7.71. The number of hydrogen-bond donors (Lipinski definition) is 1. The number of carboxylic acid groups (broad SMARTS) is 1. The van der Waals surface area contributed by atoms with Crippen LogP contribution in [0.25, 0.3) is 0 Å². The number of carbonyl (C=O) groups excluding carboxylic acids is 1. The van der Waals surface area contributed by atoms with Gasteiger partial charge in [-0.3, -0.25) is 4.79 Å². The number of carboxylic acids is 1. The van der Waals surface area contributed by atoms with Crippen molar-refractivity contribution in [3.05, 3.63) is 70.8 Å². The van der Waals surface area contributed by atoms with Crippen LogP contribution in [0.1, 0.15) is 31.8 Å². The molecule has 21 heavy (non-hydrogen) atoms. The molecule has 2 aromatic rings. The Kier molecular flexibility index (Phi) is 5.17. The molecule has 3 nitrogen and oxygen atoms in total. The van der Waals surface area contributed by atoms with Crippen LogP contribution in [-0.4, -0.2) is 22.6 Å². The maximum atomic E-state index is 12.0. The molecule has 2 aromatic carbocycles. The molecule has 0 spiro atoms. The number of carbonyl (C=O) groups is 2. The van der Waals surface area contributed by atoms with E-state index in [-0.39, 0.29) is 11.3 Å². The Morgan fingerprint density at radius 2 is 1.76 bits per heavy atom. The summed E-state index contributed by atoms with van der Waals surface area (Å²) in [6.07, 6.45) is 0. The SMILES string of the molecule is Cc1ccc(C(=O)CSCc2cccc(C(=O)O)c2)cc1. The van der Waals surface area contributed by atoms with E-state index < -0.39 is 5.97 Å². The van der Waals surface area contributed by atoms with Crippen LogP contribution in [0.5, 0.6) is 0 Å². The van der Waals surface area contributed by atoms with Gasteiger partial charge in [-0.05, 0) is 24.6 Å². The first-order valence-electron chi connectivity index (χ1n) is 6.56. The Labute approximate surface area is 128 Å². The molecule has 0 radical (unpaired) electrons. The summed E-state index contributed by atoms with van der Waals surface area (Å²) in [7, 11) is 0. The van der Waals surface area contributed by atoms with Gasteiger partial charge in [0.15, 0.2) is 5.78 Å². The van der Waals surface area contributed by atoms with Gasteiger partial charge in [0.1, 0.15) is 0 Å². The van der Waals surface area contributed by atoms with E-state index in [9.17, 15) is 9.59 Å². The third-order valence-electron chi connectivity index (χ3n) is 3.05. The van der Waals surface area contributed by atoms with Gasteiger partial charge in [0, 0.05) is 11.3 Å². The summed E-state index contributed by atoms with van der Waals surface area (Å²) in [5.41, 5.74) is 3.03. The van der Waals surface area contributed by atoms with Crippen molar-refractivity contribution in [2.45, 2.75) is 12.7 Å². The van der Waals surface area contributed by atoms with Gasteiger partial charge in [0.2, 0.25) is 0 Å².